The maximum Gasteiger partial charge on any atom is 0.420 e. The average Bonchev–Trinajstić information content (AvgIpc) is 2.64. The van der Waals surface area contributed by atoms with Crippen molar-refractivity contribution in [2.45, 2.75) is 33.2 Å². The van der Waals surface area contributed by atoms with E-state index in [0.717, 1.165) is 5.52 Å². The number of fused-ring (bicyclic) bond motifs is 1. The summed E-state index contributed by atoms with van der Waals surface area (Å²) >= 11 is 0. The molecule has 0 radical (unpaired) electrons. The molecule has 0 aliphatic rings. The molecule has 0 fully saturated rings. The Hall–Kier alpha value is -2.04. The van der Waals surface area contributed by atoms with Crippen molar-refractivity contribution in [3.63, 3.8) is 0 Å². The minimum absolute atomic E-state index is 0.0369. The Bertz CT molecular complexity index is 637. The number of hydrogen-bond donors (Lipinski definition) is 1. The summed E-state index contributed by atoms with van der Waals surface area (Å²) in [6.07, 6.45) is 0.412. The highest BCUT2D eigenvalue weighted by Gasteiger charge is 2.12. The summed E-state index contributed by atoms with van der Waals surface area (Å²) in [5, 5.41) is 2.73. The molecule has 0 aliphatic heterocycles. The van der Waals surface area contributed by atoms with Crippen LogP contribution in [-0.2, 0) is 4.79 Å². The lowest BCUT2D eigenvalue weighted by atomic mass is 10.2. The highest BCUT2D eigenvalue weighted by molar-refractivity contribution is 5.92. The molecule has 1 amide bonds. The molecule has 5 heteroatoms. The van der Waals surface area contributed by atoms with Crippen molar-refractivity contribution in [3.8, 4) is 0 Å². The van der Waals surface area contributed by atoms with Crippen LogP contribution in [0.1, 0.15) is 33.2 Å². The van der Waals surface area contributed by atoms with E-state index in [1.807, 2.05) is 13.8 Å². The predicted octanol–water partition coefficient (Wildman–Crippen LogP) is 2.52. The normalized spacial score (nSPS) is 11.1. The molecule has 1 aromatic carbocycles. The summed E-state index contributed by atoms with van der Waals surface area (Å²) in [5.41, 5.74) is 1.87. The van der Waals surface area contributed by atoms with Crippen molar-refractivity contribution in [2.24, 2.45) is 0 Å². The Labute approximate surface area is 104 Å². The van der Waals surface area contributed by atoms with Gasteiger partial charge in [-0.1, -0.05) is 6.92 Å². The number of carbonyl (C=O) groups excluding carboxylic acids is 1. The molecule has 1 N–H and O–H groups in total. The average molecular weight is 248 g/mol. The molecule has 0 saturated carbocycles. The number of nitrogens with zero attached hydrogens (tertiary/aromatic N) is 1. The van der Waals surface area contributed by atoms with Gasteiger partial charge in [0.15, 0.2) is 5.58 Å². The van der Waals surface area contributed by atoms with Gasteiger partial charge >= 0.3 is 5.76 Å². The molecule has 2 aromatic rings. The van der Waals surface area contributed by atoms with Crippen molar-refractivity contribution in [1.82, 2.24) is 4.57 Å². The Morgan fingerprint density at radius 3 is 2.78 bits per heavy atom. The van der Waals surface area contributed by atoms with E-state index in [1.54, 1.807) is 29.7 Å². The first-order chi connectivity index (χ1) is 8.52. The molecule has 0 spiro atoms. The van der Waals surface area contributed by atoms with E-state index < -0.39 is 0 Å². The summed E-state index contributed by atoms with van der Waals surface area (Å²) < 4.78 is 6.76. The largest absolute Gasteiger partial charge is 0.420 e. The van der Waals surface area contributed by atoms with Gasteiger partial charge in [0.25, 0.3) is 0 Å². The van der Waals surface area contributed by atoms with Gasteiger partial charge in [-0.3, -0.25) is 9.36 Å². The molecule has 0 bridgehead atoms. The number of oxazole rings is 1. The monoisotopic (exact) mass is 248 g/mol. The van der Waals surface area contributed by atoms with Crippen LogP contribution in [0.4, 0.5) is 5.69 Å². The van der Waals surface area contributed by atoms with Gasteiger partial charge < -0.3 is 9.73 Å². The summed E-state index contributed by atoms with van der Waals surface area (Å²) in [7, 11) is 0. The fraction of sp³-hybridized carbons (Fsp3) is 0.385. The number of anilines is 1. The van der Waals surface area contributed by atoms with Gasteiger partial charge in [0.2, 0.25) is 5.91 Å². The molecule has 96 valence electrons. The molecule has 1 aromatic heterocycles. The van der Waals surface area contributed by atoms with E-state index in [4.69, 9.17) is 4.42 Å². The molecular weight excluding hydrogens is 232 g/mol. The van der Waals surface area contributed by atoms with Crippen LogP contribution in [0.2, 0.25) is 0 Å². The number of amides is 1. The second-order valence-corrected chi connectivity index (χ2v) is 4.42. The predicted molar refractivity (Wildman–Crippen MR) is 69.8 cm³/mol. The standard InChI is InChI=1S/C13H16N2O3/c1-4-12(16)14-9-5-6-10-11(7-9)18-13(17)15(10)8(2)3/h5-8H,4H2,1-3H3,(H,14,16). The molecule has 5 nitrogen and oxygen atoms in total. The maximum absolute atomic E-state index is 11.7. The lowest BCUT2D eigenvalue weighted by molar-refractivity contribution is -0.115. The molecule has 0 unspecified atom stereocenters. The Kier molecular flexibility index (Phi) is 3.23. The van der Waals surface area contributed by atoms with E-state index in [1.165, 1.54) is 0 Å². The molecule has 1 heterocycles. The van der Waals surface area contributed by atoms with E-state index >= 15 is 0 Å². The summed E-state index contributed by atoms with van der Waals surface area (Å²) in [5.74, 6) is -0.445. The van der Waals surface area contributed by atoms with E-state index in [2.05, 4.69) is 5.32 Å². The highest BCUT2D eigenvalue weighted by Crippen LogP contribution is 2.20. The molecule has 0 aliphatic carbocycles. The van der Waals surface area contributed by atoms with Gasteiger partial charge in [-0.05, 0) is 26.0 Å². The summed E-state index contributed by atoms with van der Waals surface area (Å²) in [4.78, 5) is 23.0. The van der Waals surface area contributed by atoms with Crippen LogP contribution in [-0.4, -0.2) is 10.5 Å². The van der Waals surface area contributed by atoms with Crippen molar-refractivity contribution >= 4 is 22.7 Å². The topological polar surface area (TPSA) is 64.2 Å². The third-order valence-corrected chi connectivity index (χ3v) is 2.73. The van der Waals surface area contributed by atoms with Crippen LogP contribution in [0.15, 0.2) is 27.4 Å². The zero-order valence-corrected chi connectivity index (χ0v) is 10.7. The van der Waals surface area contributed by atoms with Crippen LogP contribution < -0.4 is 11.1 Å². The number of benzene rings is 1. The molecular formula is C13H16N2O3. The SMILES string of the molecule is CCC(=O)Nc1ccc2c(c1)oc(=O)n2C(C)C. The first-order valence-corrected chi connectivity index (χ1v) is 5.98. The van der Waals surface area contributed by atoms with E-state index in [-0.39, 0.29) is 17.7 Å². The molecule has 2 rings (SSSR count). The zero-order valence-electron chi connectivity index (χ0n) is 10.7. The first kappa shape index (κ1) is 12.4. The van der Waals surface area contributed by atoms with Crippen LogP contribution in [0.5, 0.6) is 0 Å². The first-order valence-electron chi connectivity index (χ1n) is 5.98. The van der Waals surface area contributed by atoms with Gasteiger partial charge in [-0.2, -0.15) is 0 Å². The number of hydrogen-bond acceptors (Lipinski definition) is 3. The Morgan fingerprint density at radius 2 is 2.17 bits per heavy atom. The van der Waals surface area contributed by atoms with Crippen molar-refractivity contribution < 1.29 is 9.21 Å². The number of rotatable bonds is 3. The Balaban J connectivity index is 2.48. The van der Waals surface area contributed by atoms with E-state index in [9.17, 15) is 9.59 Å². The second kappa shape index (κ2) is 4.68. The minimum atomic E-state index is -0.376. The number of carbonyl (C=O) groups is 1. The lowest BCUT2D eigenvalue weighted by Gasteiger charge is -2.06. The second-order valence-electron chi connectivity index (χ2n) is 4.42. The quantitative estimate of drug-likeness (QED) is 0.907. The lowest BCUT2D eigenvalue weighted by Crippen LogP contribution is -2.15. The number of aromatic nitrogens is 1. The molecule has 0 atom stereocenters. The third-order valence-electron chi connectivity index (χ3n) is 2.73. The van der Waals surface area contributed by atoms with Crippen LogP contribution in [0.25, 0.3) is 11.1 Å². The summed E-state index contributed by atoms with van der Waals surface area (Å²) in [6, 6.07) is 5.26. The van der Waals surface area contributed by atoms with Gasteiger partial charge in [0.1, 0.15) is 0 Å². The highest BCUT2D eigenvalue weighted by atomic mass is 16.4. The van der Waals surface area contributed by atoms with Crippen molar-refractivity contribution in [2.75, 3.05) is 5.32 Å². The van der Waals surface area contributed by atoms with Gasteiger partial charge in [-0.15, -0.1) is 0 Å². The molecule has 18 heavy (non-hydrogen) atoms. The van der Waals surface area contributed by atoms with Crippen LogP contribution in [0.3, 0.4) is 0 Å². The van der Waals surface area contributed by atoms with Gasteiger partial charge in [-0.25, -0.2) is 4.79 Å². The van der Waals surface area contributed by atoms with Crippen LogP contribution >= 0.6 is 0 Å². The minimum Gasteiger partial charge on any atom is -0.408 e. The maximum atomic E-state index is 11.7. The molecule has 0 saturated heterocycles. The van der Waals surface area contributed by atoms with Crippen molar-refractivity contribution in [3.05, 3.63) is 28.7 Å². The van der Waals surface area contributed by atoms with Crippen molar-refractivity contribution in [1.29, 1.82) is 0 Å². The fourth-order valence-electron chi connectivity index (χ4n) is 1.85. The summed E-state index contributed by atoms with van der Waals surface area (Å²) in [6.45, 7) is 5.62. The van der Waals surface area contributed by atoms with E-state index in [0.29, 0.717) is 17.7 Å². The van der Waals surface area contributed by atoms with Gasteiger partial charge in [0.05, 0.1) is 5.52 Å². The van der Waals surface area contributed by atoms with Gasteiger partial charge in [0, 0.05) is 24.2 Å². The van der Waals surface area contributed by atoms with Crippen LogP contribution in [0, 0.1) is 0 Å². The third kappa shape index (κ3) is 2.16. The zero-order chi connectivity index (χ0) is 13.3. The Morgan fingerprint density at radius 1 is 1.44 bits per heavy atom. The fourth-order valence-corrected chi connectivity index (χ4v) is 1.85. The smallest absolute Gasteiger partial charge is 0.408 e. The number of nitrogens with one attached hydrogen (secondary N) is 1.